The van der Waals surface area contributed by atoms with E-state index >= 15 is 0 Å². The molecule has 3 rings (SSSR count). The molecule has 0 spiro atoms. The maximum atomic E-state index is 12.6. The highest BCUT2D eigenvalue weighted by atomic mass is 16.4. The molecule has 0 atom stereocenters. The van der Waals surface area contributed by atoms with Crippen LogP contribution in [0.15, 0.2) is 59.4 Å². The van der Waals surface area contributed by atoms with Crippen LogP contribution in [0.5, 0.6) is 5.75 Å². The molecular weight excluding hydrogens is 404 g/mol. The lowest BCUT2D eigenvalue weighted by Crippen LogP contribution is -2.29. The van der Waals surface area contributed by atoms with Gasteiger partial charge in [-0.3, -0.25) is 19.2 Å². The van der Waals surface area contributed by atoms with E-state index in [1.807, 2.05) is 13.0 Å². The third kappa shape index (κ3) is 5.12. The molecule has 10 heteroatoms. The van der Waals surface area contributed by atoms with E-state index in [9.17, 15) is 24.3 Å². The van der Waals surface area contributed by atoms with Gasteiger partial charge in [0.25, 0.3) is 17.4 Å². The van der Waals surface area contributed by atoms with Gasteiger partial charge in [-0.2, -0.15) is 9.78 Å². The zero-order chi connectivity index (χ0) is 22.5. The molecule has 3 aromatic rings. The highest BCUT2D eigenvalue weighted by Gasteiger charge is 2.17. The summed E-state index contributed by atoms with van der Waals surface area (Å²) in [7, 11) is 0. The molecule has 31 heavy (non-hydrogen) atoms. The monoisotopic (exact) mass is 422 g/mol. The first kappa shape index (κ1) is 21.2. The SMILES string of the molecule is Cc1cccc(-n2nc(C(=O)Nc3ccc(C(=O)NCC(=O)O)cc3)c(O)cc2=O)c1. The third-order valence-corrected chi connectivity index (χ3v) is 4.18. The molecule has 0 saturated carbocycles. The predicted molar refractivity (Wildman–Crippen MR) is 111 cm³/mol. The minimum atomic E-state index is -1.17. The van der Waals surface area contributed by atoms with Gasteiger partial charge in [-0.1, -0.05) is 12.1 Å². The van der Waals surface area contributed by atoms with Crippen LogP contribution in [0.25, 0.3) is 5.69 Å². The van der Waals surface area contributed by atoms with Crippen LogP contribution >= 0.6 is 0 Å². The van der Waals surface area contributed by atoms with Crippen molar-refractivity contribution in [2.45, 2.75) is 6.92 Å². The van der Waals surface area contributed by atoms with Gasteiger partial charge in [-0.15, -0.1) is 0 Å². The van der Waals surface area contributed by atoms with E-state index < -0.39 is 35.6 Å². The van der Waals surface area contributed by atoms with Crippen molar-refractivity contribution in [1.29, 1.82) is 0 Å². The van der Waals surface area contributed by atoms with Crippen LogP contribution < -0.4 is 16.2 Å². The van der Waals surface area contributed by atoms with Crippen molar-refractivity contribution in [3.8, 4) is 11.4 Å². The maximum absolute atomic E-state index is 12.6. The topological polar surface area (TPSA) is 151 Å². The second kappa shape index (κ2) is 8.91. The average Bonchev–Trinajstić information content (AvgIpc) is 2.72. The Morgan fingerprint density at radius 2 is 1.74 bits per heavy atom. The number of nitrogens with one attached hydrogen (secondary N) is 2. The van der Waals surface area contributed by atoms with Crippen molar-refractivity contribution in [1.82, 2.24) is 15.1 Å². The van der Waals surface area contributed by atoms with E-state index in [2.05, 4.69) is 15.7 Å². The van der Waals surface area contributed by atoms with Crippen molar-refractivity contribution < 1.29 is 24.6 Å². The Balaban J connectivity index is 1.80. The number of aromatic nitrogens is 2. The van der Waals surface area contributed by atoms with Gasteiger partial charge in [0.1, 0.15) is 6.54 Å². The van der Waals surface area contributed by atoms with E-state index in [-0.39, 0.29) is 11.3 Å². The first-order valence-corrected chi connectivity index (χ1v) is 9.06. The zero-order valence-corrected chi connectivity index (χ0v) is 16.3. The molecule has 158 valence electrons. The molecule has 0 radical (unpaired) electrons. The number of hydrogen-bond donors (Lipinski definition) is 4. The quantitative estimate of drug-likeness (QED) is 0.468. The van der Waals surface area contributed by atoms with Gasteiger partial charge in [-0.25, -0.2) is 0 Å². The zero-order valence-electron chi connectivity index (χ0n) is 16.3. The normalized spacial score (nSPS) is 10.4. The number of anilines is 1. The Hall–Kier alpha value is -4.47. The highest BCUT2D eigenvalue weighted by molar-refractivity contribution is 6.05. The van der Waals surface area contributed by atoms with Crippen molar-refractivity contribution >= 4 is 23.5 Å². The summed E-state index contributed by atoms with van der Waals surface area (Å²) in [6.45, 7) is 1.33. The lowest BCUT2D eigenvalue weighted by molar-refractivity contribution is -0.135. The number of aromatic hydroxyl groups is 1. The number of carboxylic acid groups (broad SMARTS) is 1. The summed E-state index contributed by atoms with van der Waals surface area (Å²) in [4.78, 5) is 47.2. The summed E-state index contributed by atoms with van der Waals surface area (Å²) in [5, 5.41) is 27.4. The second-order valence-electron chi connectivity index (χ2n) is 6.58. The molecule has 0 saturated heterocycles. The molecular formula is C21H18N4O6. The van der Waals surface area contributed by atoms with Crippen LogP contribution in [0.4, 0.5) is 5.69 Å². The van der Waals surface area contributed by atoms with Crippen molar-refractivity contribution in [2.75, 3.05) is 11.9 Å². The Bertz CT molecular complexity index is 1220. The molecule has 10 nitrogen and oxygen atoms in total. The lowest BCUT2D eigenvalue weighted by atomic mass is 10.2. The van der Waals surface area contributed by atoms with E-state index in [0.717, 1.165) is 16.3 Å². The Kier molecular flexibility index (Phi) is 6.10. The van der Waals surface area contributed by atoms with Gasteiger partial charge in [0.2, 0.25) is 0 Å². The second-order valence-corrected chi connectivity index (χ2v) is 6.58. The van der Waals surface area contributed by atoms with E-state index in [1.54, 1.807) is 18.2 Å². The van der Waals surface area contributed by atoms with Gasteiger partial charge in [0, 0.05) is 17.3 Å². The van der Waals surface area contributed by atoms with Crippen molar-refractivity contribution in [3.63, 3.8) is 0 Å². The molecule has 4 N–H and O–H groups in total. The number of rotatable bonds is 6. The molecule has 0 aliphatic heterocycles. The van der Waals surface area contributed by atoms with Crippen molar-refractivity contribution in [2.24, 2.45) is 0 Å². The number of aryl methyl sites for hydroxylation is 1. The number of carbonyl (C=O) groups excluding carboxylic acids is 2. The molecule has 0 aliphatic rings. The van der Waals surface area contributed by atoms with Crippen LogP contribution in [0.3, 0.4) is 0 Å². The van der Waals surface area contributed by atoms with Crippen LogP contribution in [-0.2, 0) is 4.79 Å². The first-order valence-electron chi connectivity index (χ1n) is 9.06. The molecule has 2 amide bonds. The Morgan fingerprint density at radius 3 is 2.39 bits per heavy atom. The molecule has 2 aromatic carbocycles. The molecule has 0 fully saturated rings. The molecule has 1 heterocycles. The van der Waals surface area contributed by atoms with Crippen LogP contribution in [-0.4, -0.2) is 44.3 Å². The van der Waals surface area contributed by atoms with Crippen molar-refractivity contribution in [3.05, 3.63) is 81.8 Å². The number of amides is 2. The van der Waals surface area contributed by atoms with Gasteiger partial charge in [-0.05, 0) is 48.9 Å². The van der Waals surface area contributed by atoms with Gasteiger partial charge >= 0.3 is 5.97 Å². The minimum absolute atomic E-state index is 0.202. The number of aliphatic carboxylic acids is 1. The van der Waals surface area contributed by atoms with Gasteiger partial charge in [0.05, 0.1) is 5.69 Å². The van der Waals surface area contributed by atoms with E-state index in [0.29, 0.717) is 11.4 Å². The van der Waals surface area contributed by atoms with Crippen LogP contribution in [0.2, 0.25) is 0 Å². The van der Waals surface area contributed by atoms with Gasteiger partial charge < -0.3 is 20.8 Å². The first-order chi connectivity index (χ1) is 14.7. The Morgan fingerprint density at radius 1 is 1.03 bits per heavy atom. The minimum Gasteiger partial charge on any atom is -0.505 e. The summed E-state index contributed by atoms with van der Waals surface area (Å²) < 4.78 is 1.01. The molecule has 0 aliphatic carbocycles. The Labute approximate surface area is 175 Å². The molecule has 0 bridgehead atoms. The summed E-state index contributed by atoms with van der Waals surface area (Å²) in [6.07, 6.45) is 0. The van der Waals surface area contributed by atoms with E-state index in [1.165, 1.54) is 24.3 Å². The number of carboxylic acids is 1. The van der Waals surface area contributed by atoms with Crippen LogP contribution in [0, 0.1) is 6.92 Å². The number of carbonyl (C=O) groups is 3. The average molecular weight is 422 g/mol. The van der Waals surface area contributed by atoms with E-state index in [4.69, 9.17) is 5.11 Å². The fourth-order valence-corrected chi connectivity index (χ4v) is 2.71. The fourth-order valence-electron chi connectivity index (χ4n) is 2.71. The third-order valence-electron chi connectivity index (χ3n) is 4.18. The lowest BCUT2D eigenvalue weighted by Gasteiger charge is -2.10. The summed E-state index contributed by atoms with van der Waals surface area (Å²) in [5.41, 5.74) is 0.872. The van der Waals surface area contributed by atoms with Crippen LogP contribution in [0.1, 0.15) is 26.4 Å². The molecule has 0 unspecified atom stereocenters. The maximum Gasteiger partial charge on any atom is 0.322 e. The summed E-state index contributed by atoms with van der Waals surface area (Å²) >= 11 is 0. The highest BCUT2D eigenvalue weighted by Crippen LogP contribution is 2.16. The smallest absolute Gasteiger partial charge is 0.322 e. The number of hydrogen-bond acceptors (Lipinski definition) is 6. The summed E-state index contributed by atoms with van der Waals surface area (Å²) in [6, 6.07) is 13.5. The fraction of sp³-hybridized carbons (Fsp3) is 0.0952. The van der Waals surface area contributed by atoms with Gasteiger partial charge in [0.15, 0.2) is 11.4 Å². The largest absolute Gasteiger partial charge is 0.505 e. The number of nitrogens with zero attached hydrogens (tertiary/aromatic N) is 2. The standard InChI is InChI=1S/C21H18N4O6/c1-12-3-2-4-15(9-12)25-17(27)10-16(26)19(24-25)21(31)23-14-7-5-13(6-8-14)20(30)22-11-18(28)29/h2-10,26H,11H2,1H3,(H,22,30)(H,23,31)(H,28,29). The molecule has 1 aromatic heterocycles. The number of benzene rings is 2. The predicted octanol–water partition coefficient (Wildman–Crippen LogP) is 1.31. The summed E-state index contributed by atoms with van der Waals surface area (Å²) in [5.74, 6) is -3.08.